The molecule has 0 saturated heterocycles. The van der Waals surface area contributed by atoms with Gasteiger partial charge in [0.05, 0.1) is 19.1 Å². The van der Waals surface area contributed by atoms with Crippen molar-refractivity contribution < 1.29 is 28.2 Å². The number of carbonyl (C=O) groups is 2. The molecule has 168 valence electrons. The third kappa shape index (κ3) is 8.41. The second kappa shape index (κ2) is 14.1. The fourth-order valence-corrected chi connectivity index (χ4v) is 3.87. The Hall–Kier alpha value is -1.98. The zero-order valence-corrected chi connectivity index (χ0v) is 19.4. The summed E-state index contributed by atoms with van der Waals surface area (Å²) in [6, 6.07) is 8.68. The van der Waals surface area contributed by atoms with Crippen molar-refractivity contribution in [3.05, 3.63) is 35.9 Å². The van der Waals surface area contributed by atoms with Gasteiger partial charge in [0.1, 0.15) is 6.61 Å². The number of benzene rings is 1. The second-order valence-electron chi connectivity index (χ2n) is 7.58. The van der Waals surface area contributed by atoms with E-state index in [0.717, 1.165) is 37.7 Å². The molecule has 0 bridgehead atoms. The molecule has 0 fully saturated rings. The maximum atomic E-state index is 12.5. The van der Waals surface area contributed by atoms with Gasteiger partial charge in [-0.15, -0.1) is 4.52 Å². The normalized spacial score (nSPS) is 15.1. The summed E-state index contributed by atoms with van der Waals surface area (Å²) in [7, 11) is 0.237. The predicted molar refractivity (Wildman–Crippen MR) is 117 cm³/mol. The van der Waals surface area contributed by atoms with Crippen LogP contribution in [0.2, 0.25) is 0 Å². The van der Waals surface area contributed by atoms with Gasteiger partial charge in [-0.3, -0.25) is 4.79 Å². The first kappa shape index (κ1) is 26.1. The summed E-state index contributed by atoms with van der Waals surface area (Å²) in [5.41, 5.74) is -0.344. The number of esters is 1. The first-order chi connectivity index (χ1) is 14.4. The first-order valence-corrected chi connectivity index (χ1v) is 11.3. The lowest BCUT2D eigenvalue weighted by atomic mass is 9.80. The van der Waals surface area contributed by atoms with Crippen LogP contribution in [0.25, 0.3) is 0 Å². The largest absolute Gasteiger partial charge is 0.494 e. The topological polar surface area (TPSA) is 90.9 Å². The molecular formula is C22H35NO6P+. The lowest BCUT2D eigenvalue weighted by molar-refractivity contribution is -0.154. The minimum Gasteiger partial charge on any atom is -0.469 e. The molecule has 0 spiro atoms. The van der Waals surface area contributed by atoms with Crippen molar-refractivity contribution >= 4 is 20.7 Å². The average molecular weight is 440 g/mol. The van der Waals surface area contributed by atoms with Crippen LogP contribution in [0, 0.1) is 5.92 Å². The molecule has 0 saturated carbocycles. The van der Waals surface area contributed by atoms with Gasteiger partial charge in [-0.1, -0.05) is 69.4 Å². The smallest absolute Gasteiger partial charge is 0.469 e. The zero-order valence-electron chi connectivity index (χ0n) is 18.4. The number of unbranched alkanes of at least 4 members (excludes halogenated alkanes) is 4. The molecule has 0 aromatic heterocycles. The highest BCUT2D eigenvalue weighted by molar-refractivity contribution is 7.17. The van der Waals surface area contributed by atoms with Gasteiger partial charge in [0.25, 0.3) is 0 Å². The molecule has 0 radical (unpaired) electrons. The Balaban J connectivity index is 2.80. The van der Waals surface area contributed by atoms with Crippen LogP contribution in [0.4, 0.5) is 4.79 Å². The number of methoxy groups -OCH3 is 1. The van der Waals surface area contributed by atoms with Gasteiger partial charge in [0.15, 0.2) is 5.60 Å². The first-order valence-electron chi connectivity index (χ1n) is 10.5. The Labute approximate surface area is 181 Å². The van der Waals surface area contributed by atoms with Gasteiger partial charge in [0.2, 0.25) is 0 Å². The molecule has 0 aliphatic carbocycles. The summed E-state index contributed by atoms with van der Waals surface area (Å²) >= 11 is 0. The molecular weight excluding hydrogens is 405 g/mol. The van der Waals surface area contributed by atoms with E-state index in [1.165, 1.54) is 7.11 Å². The van der Waals surface area contributed by atoms with Crippen LogP contribution < -0.4 is 5.32 Å². The van der Waals surface area contributed by atoms with Gasteiger partial charge in [-0.25, -0.2) is 4.79 Å². The summed E-state index contributed by atoms with van der Waals surface area (Å²) in [6.07, 6.45) is 5.04. The van der Waals surface area contributed by atoms with E-state index < -0.39 is 38.3 Å². The van der Waals surface area contributed by atoms with Crippen molar-refractivity contribution in [3.63, 3.8) is 0 Å². The van der Waals surface area contributed by atoms with Crippen LogP contribution in [0.3, 0.4) is 0 Å². The van der Waals surface area contributed by atoms with Crippen molar-refractivity contribution in [3.8, 4) is 0 Å². The van der Waals surface area contributed by atoms with Gasteiger partial charge in [-0.2, -0.15) is 0 Å². The Morgan fingerprint density at radius 3 is 2.40 bits per heavy atom. The zero-order chi connectivity index (χ0) is 22.4. The third-order valence-electron chi connectivity index (χ3n) is 5.44. The maximum Gasteiger partial charge on any atom is 0.494 e. The van der Waals surface area contributed by atoms with Crippen LogP contribution in [0.5, 0.6) is 0 Å². The summed E-state index contributed by atoms with van der Waals surface area (Å²) < 4.78 is 27.2. The van der Waals surface area contributed by atoms with Crippen molar-refractivity contribution in [1.29, 1.82) is 0 Å². The van der Waals surface area contributed by atoms with Crippen LogP contribution in [-0.4, -0.2) is 30.8 Å². The molecule has 1 aromatic carbocycles. The summed E-state index contributed by atoms with van der Waals surface area (Å²) in [5, 5.41) is 2.72. The van der Waals surface area contributed by atoms with Gasteiger partial charge < -0.3 is 14.8 Å². The highest BCUT2D eigenvalue weighted by atomic mass is 31.1. The molecule has 8 heteroatoms. The van der Waals surface area contributed by atoms with Crippen molar-refractivity contribution in [2.45, 2.75) is 77.5 Å². The van der Waals surface area contributed by atoms with Crippen LogP contribution in [-0.2, 0) is 30.0 Å². The molecule has 30 heavy (non-hydrogen) atoms. The van der Waals surface area contributed by atoms with E-state index in [0.29, 0.717) is 6.42 Å². The quantitative estimate of drug-likeness (QED) is 0.244. The summed E-state index contributed by atoms with van der Waals surface area (Å²) in [4.78, 5) is 24.8. The van der Waals surface area contributed by atoms with Crippen LogP contribution >= 0.6 is 8.69 Å². The van der Waals surface area contributed by atoms with E-state index in [4.69, 9.17) is 14.0 Å². The highest BCUT2D eigenvalue weighted by Crippen LogP contribution is 2.34. The second-order valence-corrected chi connectivity index (χ2v) is 7.95. The number of hydrogen-bond acceptors (Lipinski definition) is 6. The number of hydrogen-bond donors (Lipinski definition) is 1. The number of nitrogens with one attached hydrogen (secondary N) is 1. The van der Waals surface area contributed by atoms with E-state index in [2.05, 4.69) is 12.2 Å². The van der Waals surface area contributed by atoms with Crippen LogP contribution in [0.15, 0.2) is 30.3 Å². The van der Waals surface area contributed by atoms with Gasteiger partial charge in [-0.05, 0) is 30.4 Å². The van der Waals surface area contributed by atoms with Gasteiger partial charge >= 0.3 is 20.7 Å². The lowest BCUT2D eigenvalue weighted by Crippen LogP contribution is -2.56. The molecule has 0 aliphatic heterocycles. The number of ether oxygens (including phenoxy) is 2. The molecule has 1 aromatic rings. The van der Waals surface area contributed by atoms with E-state index in [1.807, 2.05) is 30.3 Å². The molecule has 1 N–H and O–H groups in total. The minimum absolute atomic E-state index is 0.123. The maximum absolute atomic E-state index is 12.5. The summed E-state index contributed by atoms with van der Waals surface area (Å²) in [5.74, 6) is -1.12. The molecule has 4 atom stereocenters. The van der Waals surface area contributed by atoms with Crippen molar-refractivity contribution in [1.82, 2.24) is 5.32 Å². The van der Waals surface area contributed by atoms with Crippen molar-refractivity contribution in [2.24, 2.45) is 5.92 Å². The molecule has 1 amide bonds. The number of rotatable bonds is 14. The molecule has 1 rings (SSSR count). The Morgan fingerprint density at radius 1 is 1.13 bits per heavy atom. The molecule has 0 aliphatic rings. The van der Waals surface area contributed by atoms with E-state index in [9.17, 15) is 14.2 Å². The Bertz CT molecular complexity index is 656. The molecule has 7 nitrogen and oxygen atoms in total. The van der Waals surface area contributed by atoms with Gasteiger partial charge in [0, 0.05) is 0 Å². The van der Waals surface area contributed by atoms with Crippen molar-refractivity contribution in [2.75, 3.05) is 7.11 Å². The van der Waals surface area contributed by atoms with E-state index in [-0.39, 0.29) is 6.61 Å². The number of alkyl carbamates (subject to hydrolysis) is 1. The molecule has 4 unspecified atom stereocenters. The lowest BCUT2D eigenvalue weighted by Gasteiger charge is -2.35. The Kier molecular flexibility index (Phi) is 12.2. The number of carbonyl (C=O) groups excluding carboxylic acids is 2. The van der Waals surface area contributed by atoms with E-state index >= 15 is 0 Å². The third-order valence-corrected chi connectivity index (χ3v) is 5.97. The SMILES string of the molecule is CCCCCCCC(C(=O)OC)C(C)(O[PH+]=O)C(C)NC(=O)OCc1ccccc1. The number of amides is 1. The highest BCUT2D eigenvalue weighted by Gasteiger charge is 2.49. The minimum atomic E-state index is -1.20. The Morgan fingerprint density at radius 2 is 1.80 bits per heavy atom. The molecule has 0 heterocycles. The monoisotopic (exact) mass is 440 g/mol. The van der Waals surface area contributed by atoms with E-state index in [1.54, 1.807) is 13.8 Å². The fraction of sp³-hybridized carbons (Fsp3) is 0.636. The fourth-order valence-electron chi connectivity index (χ4n) is 3.37. The predicted octanol–water partition coefficient (Wildman–Crippen LogP) is 5.17. The summed E-state index contributed by atoms with van der Waals surface area (Å²) in [6.45, 7) is 5.64. The van der Waals surface area contributed by atoms with Crippen LogP contribution in [0.1, 0.15) is 64.9 Å². The standard InChI is InChI=1S/C22H34NO6P/c1-5-6-7-8-12-15-19(20(24)27-4)22(3,29-30-26)17(2)23-21(25)28-16-18-13-10-9-11-14-18/h9-11,13-14,17,19,30H,5-8,12,15-16H2,1-4H3/p+1. The average Bonchev–Trinajstić information content (AvgIpc) is 2.75.